The smallest absolute Gasteiger partial charge is 0.251 e. The largest absolute Gasteiger partial charge is 0.305 e. The van der Waals surface area contributed by atoms with Gasteiger partial charge in [0, 0.05) is 5.02 Å². The molecule has 0 aliphatic carbocycles. The highest BCUT2D eigenvalue weighted by Crippen LogP contribution is 2.25. The average Bonchev–Trinajstić information content (AvgIpc) is 2.88. The van der Waals surface area contributed by atoms with Crippen LogP contribution in [0.3, 0.4) is 0 Å². The molecule has 0 bridgehead atoms. The Kier molecular flexibility index (Phi) is 5.61. The summed E-state index contributed by atoms with van der Waals surface area (Å²) in [5, 5.41) is 8.60. The second kappa shape index (κ2) is 7.77. The summed E-state index contributed by atoms with van der Waals surface area (Å²) in [7, 11) is -3.71. The van der Waals surface area contributed by atoms with Gasteiger partial charge in [0.1, 0.15) is 0 Å². The fraction of sp³-hybridized carbons (Fsp3) is 0.222. The van der Waals surface area contributed by atoms with Gasteiger partial charge in [-0.25, -0.2) is 18.5 Å². The molecule has 2 aromatic rings. The van der Waals surface area contributed by atoms with Crippen molar-refractivity contribution in [2.45, 2.75) is 23.8 Å². The summed E-state index contributed by atoms with van der Waals surface area (Å²) < 4.78 is 22.5. The van der Waals surface area contributed by atoms with Gasteiger partial charge in [-0.05, 0) is 48.9 Å². The average molecular weight is 408 g/mol. The van der Waals surface area contributed by atoms with Crippen LogP contribution in [-0.2, 0) is 26.0 Å². The Morgan fingerprint density at radius 1 is 1.15 bits per heavy atom. The zero-order valence-electron chi connectivity index (χ0n) is 14.3. The van der Waals surface area contributed by atoms with E-state index in [1.807, 2.05) is 0 Å². The van der Waals surface area contributed by atoms with Gasteiger partial charge in [-0.15, -0.1) is 0 Å². The number of rotatable bonds is 6. The zero-order chi connectivity index (χ0) is 19.6. The Morgan fingerprint density at radius 2 is 1.85 bits per heavy atom. The maximum Gasteiger partial charge on any atom is 0.251 e. The van der Waals surface area contributed by atoms with Crippen molar-refractivity contribution in [3.05, 3.63) is 59.1 Å². The number of hydrogen-bond acceptors (Lipinski definition) is 5. The number of amides is 2. The number of sulfonamides is 1. The standard InChI is InChI=1S/C18H18ClN3O4S/c19-13-2-1-3-14(10-13)22-17(23)11-16(18(22)24)21-9-8-12-4-6-15(7-5-12)27(20,25)26/h1-7,10,16,21H,8-9,11H2,(H2,20,25,26)/t16-/m0/s1. The second-order valence-corrected chi connectivity index (χ2v) is 8.19. The lowest BCUT2D eigenvalue weighted by Gasteiger charge is -2.15. The first-order chi connectivity index (χ1) is 12.8. The molecule has 27 heavy (non-hydrogen) atoms. The molecule has 0 saturated carbocycles. The summed E-state index contributed by atoms with van der Waals surface area (Å²) >= 11 is 5.94. The van der Waals surface area contributed by atoms with Crippen LogP contribution < -0.4 is 15.4 Å². The first-order valence-electron chi connectivity index (χ1n) is 8.23. The monoisotopic (exact) mass is 407 g/mol. The van der Waals surface area contributed by atoms with Gasteiger partial charge in [0.15, 0.2) is 0 Å². The molecular formula is C18H18ClN3O4S. The predicted molar refractivity (Wildman–Crippen MR) is 102 cm³/mol. The van der Waals surface area contributed by atoms with Crippen molar-refractivity contribution in [1.82, 2.24) is 5.32 Å². The lowest BCUT2D eigenvalue weighted by molar-refractivity contribution is -0.121. The second-order valence-electron chi connectivity index (χ2n) is 6.20. The van der Waals surface area contributed by atoms with E-state index in [1.54, 1.807) is 36.4 Å². The van der Waals surface area contributed by atoms with E-state index in [9.17, 15) is 18.0 Å². The van der Waals surface area contributed by atoms with E-state index in [0.717, 1.165) is 10.5 Å². The summed E-state index contributed by atoms with van der Waals surface area (Å²) in [6.07, 6.45) is 0.649. The predicted octanol–water partition coefficient (Wildman–Crippen LogP) is 1.45. The Labute approximate surface area is 162 Å². The van der Waals surface area contributed by atoms with Gasteiger partial charge in [-0.2, -0.15) is 0 Å². The molecule has 1 fully saturated rings. The van der Waals surface area contributed by atoms with E-state index in [-0.39, 0.29) is 23.1 Å². The molecule has 0 unspecified atom stereocenters. The highest BCUT2D eigenvalue weighted by Gasteiger charge is 2.39. The Balaban J connectivity index is 1.59. The van der Waals surface area contributed by atoms with Crippen LogP contribution in [0, 0.1) is 0 Å². The Bertz CT molecular complexity index is 976. The number of benzene rings is 2. The van der Waals surface area contributed by atoms with E-state index >= 15 is 0 Å². The van der Waals surface area contributed by atoms with E-state index in [0.29, 0.717) is 23.7 Å². The van der Waals surface area contributed by atoms with Gasteiger partial charge in [0.25, 0.3) is 5.91 Å². The minimum Gasteiger partial charge on any atom is -0.305 e. The van der Waals surface area contributed by atoms with Gasteiger partial charge in [0.05, 0.1) is 23.0 Å². The van der Waals surface area contributed by atoms with E-state index in [4.69, 9.17) is 16.7 Å². The maximum absolute atomic E-state index is 12.5. The molecule has 1 heterocycles. The van der Waals surface area contributed by atoms with Crippen LogP contribution in [0.15, 0.2) is 53.4 Å². The minimum absolute atomic E-state index is 0.0490. The number of carbonyl (C=O) groups excluding carboxylic acids is 2. The summed E-state index contributed by atoms with van der Waals surface area (Å²) in [5.41, 5.74) is 1.35. The van der Waals surface area contributed by atoms with Gasteiger partial charge in [-0.1, -0.05) is 29.8 Å². The normalized spacial score (nSPS) is 17.6. The molecule has 3 N–H and O–H groups in total. The van der Waals surface area contributed by atoms with Gasteiger partial charge in [0.2, 0.25) is 15.9 Å². The van der Waals surface area contributed by atoms with E-state index in [2.05, 4.69) is 5.32 Å². The van der Waals surface area contributed by atoms with Crippen molar-refractivity contribution in [3.63, 3.8) is 0 Å². The van der Waals surface area contributed by atoms with Gasteiger partial charge >= 0.3 is 0 Å². The molecule has 0 aromatic heterocycles. The molecule has 7 nitrogen and oxygen atoms in total. The Hall–Kier alpha value is -2.26. The fourth-order valence-electron chi connectivity index (χ4n) is 2.91. The minimum atomic E-state index is -3.71. The number of nitrogens with two attached hydrogens (primary N) is 1. The van der Waals surface area contributed by atoms with E-state index in [1.165, 1.54) is 12.1 Å². The number of imide groups is 1. The molecule has 0 radical (unpaired) electrons. The summed E-state index contributed by atoms with van der Waals surface area (Å²) in [6.45, 7) is 0.460. The van der Waals surface area contributed by atoms with Gasteiger partial charge < -0.3 is 5.32 Å². The topological polar surface area (TPSA) is 110 Å². The molecule has 3 rings (SSSR count). The van der Waals surface area contributed by atoms with Crippen molar-refractivity contribution < 1.29 is 18.0 Å². The molecule has 1 saturated heterocycles. The maximum atomic E-state index is 12.5. The molecule has 2 amide bonds. The van der Waals surface area contributed by atoms with Crippen molar-refractivity contribution in [2.75, 3.05) is 11.4 Å². The van der Waals surface area contributed by atoms with Gasteiger partial charge in [-0.3, -0.25) is 9.59 Å². The molecule has 1 aliphatic rings. The molecule has 1 atom stereocenters. The molecule has 0 spiro atoms. The van der Waals surface area contributed by atoms with Crippen LogP contribution >= 0.6 is 11.6 Å². The lowest BCUT2D eigenvalue weighted by atomic mass is 10.1. The van der Waals surface area contributed by atoms with Crippen LogP contribution in [0.5, 0.6) is 0 Å². The molecule has 9 heteroatoms. The quantitative estimate of drug-likeness (QED) is 0.704. The third-order valence-corrected chi connectivity index (χ3v) is 5.43. The molecule has 142 valence electrons. The Morgan fingerprint density at radius 3 is 2.48 bits per heavy atom. The van der Waals surface area contributed by atoms with Crippen LogP contribution in [0.4, 0.5) is 5.69 Å². The van der Waals surface area contributed by atoms with Crippen LogP contribution in [0.25, 0.3) is 0 Å². The fourth-order valence-corrected chi connectivity index (χ4v) is 3.61. The first kappa shape index (κ1) is 19.5. The van der Waals surface area contributed by atoms with Crippen LogP contribution in [0.1, 0.15) is 12.0 Å². The SMILES string of the molecule is NS(=O)(=O)c1ccc(CCN[C@H]2CC(=O)N(c3cccc(Cl)c3)C2=O)cc1. The van der Waals surface area contributed by atoms with Crippen LogP contribution in [0.2, 0.25) is 5.02 Å². The number of anilines is 1. The molecule has 2 aromatic carbocycles. The van der Waals surface area contributed by atoms with Crippen molar-refractivity contribution in [1.29, 1.82) is 0 Å². The third-order valence-electron chi connectivity index (χ3n) is 4.27. The summed E-state index contributed by atoms with van der Waals surface area (Å²) in [6, 6.07) is 12.2. The number of primary sulfonamides is 1. The highest BCUT2D eigenvalue weighted by molar-refractivity contribution is 7.89. The third kappa shape index (κ3) is 4.54. The number of halogens is 1. The van der Waals surface area contributed by atoms with Crippen molar-refractivity contribution in [2.24, 2.45) is 5.14 Å². The van der Waals surface area contributed by atoms with Crippen LogP contribution in [-0.4, -0.2) is 32.8 Å². The molecule has 1 aliphatic heterocycles. The van der Waals surface area contributed by atoms with Crippen molar-refractivity contribution in [3.8, 4) is 0 Å². The molecular weight excluding hydrogens is 390 g/mol. The number of nitrogens with one attached hydrogen (secondary N) is 1. The first-order valence-corrected chi connectivity index (χ1v) is 10.2. The summed E-state index contributed by atoms with van der Waals surface area (Å²) in [4.78, 5) is 26.0. The van der Waals surface area contributed by atoms with E-state index < -0.39 is 16.1 Å². The number of nitrogens with zero attached hydrogens (tertiary/aromatic N) is 1. The highest BCUT2D eigenvalue weighted by atomic mass is 35.5. The van der Waals surface area contributed by atoms with Crippen molar-refractivity contribution >= 4 is 39.1 Å². The lowest BCUT2D eigenvalue weighted by Crippen LogP contribution is -2.39. The zero-order valence-corrected chi connectivity index (χ0v) is 15.8. The number of hydrogen-bond donors (Lipinski definition) is 2. The summed E-state index contributed by atoms with van der Waals surface area (Å²) in [5.74, 6) is -0.593. The number of carbonyl (C=O) groups is 2.